The normalized spacial score (nSPS) is 17.8. The molecular weight excluding hydrogens is 308 g/mol. The molecule has 0 bridgehead atoms. The third-order valence-electron chi connectivity index (χ3n) is 4.32. The van der Waals surface area contributed by atoms with Crippen molar-refractivity contribution in [1.29, 1.82) is 0 Å². The first-order valence-corrected chi connectivity index (χ1v) is 8.22. The second-order valence-electron chi connectivity index (χ2n) is 6.04. The fourth-order valence-corrected chi connectivity index (χ4v) is 3.04. The van der Waals surface area contributed by atoms with Gasteiger partial charge in [-0.1, -0.05) is 0 Å². The zero-order valence-corrected chi connectivity index (χ0v) is 14.1. The molecule has 3 heterocycles. The number of hydrogen-bond donors (Lipinski definition) is 0. The highest BCUT2D eigenvalue weighted by Crippen LogP contribution is 2.26. The van der Waals surface area contributed by atoms with Gasteiger partial charge in [-0.05, 0) is 31.0 Å². The van der Waals surface area contributed by atoms with Crippen LogP contribution in [0.15, 0.2) is 22.9 Å². The van der Waals surface area contributed by atoms with E-state index in [1.165, 1.54) is 7.11 Å². The van der Waals surface area contributed by atoms with Gasteiger partial charge in [0.05, 0.1) is 7.11 Å². The van der Waals surface area contributed by atoms with Crippen molar-refractivity contribution < 1.29 is 14.1 Å². The predicted molar refractivity (Wildman–Crippen MR) is 86.7 cm³/mol. The molecule has 1 amide bonds. The van der Waals surface area contributed by atoms with Gasteiger partial charge in [0.15, 0.2) is 0 Å². The lowest BCUT2D eigenvalue weighted by Gasteiger charge is -2.32. The number of aryl methyl sites for hydroxylation is 2. The number of carbonyl (C=O) groups excluding carboxylic acids is 1. The van der Waals surface area contributed by atoms with Crippen molar-refractivity contribution in [1.82, 2.24) is 20.0 Å². The summed E-state index contributed by atoms with van der Waals surface area (Å²) in [7, 11) is 1.54. The van der Waals surface area contributed by atoms with Crippen LogP contribution in [0, 0.1) is 6.92 Å². The summed E-state index contributed by atoms with van der Waals surface area (Å²) in [6.07, 6.45) is 4.78. The van der Waals surface area contributed by atoms with Crippen molar-refractivity contribution in [2.24, 2.45) is 0 Å². The minimum atomic E-state index is 0.140. The van der Waals surface area contributed by atoms with Crippen LogP contribution in [0.2, 0.25) is 0 Å². The molecule has 0 radical (unpaired) electrons. The number of aromatic nitrogens is 3. The number of rotatable bonds is 5. The fraction of sp³-hybridized carbons (Fsp3) is 0.529. The Morgan fingerprint density at radius 1 is 1.50 bits per heavy atom. The lowest BCUT2D eigenvalue weighted by atomic mass is 9.94. The molecule has 1 saturated heterocycles. The van der Waals surface area contributed by atoms with Crippen LogP contribution in [0.25, 0.3) is 0 Å². The summed E-state index contributed by atoms with van der Waals surface area (Å²) < 4.78 is 10.1. The first-order chi connectivity index (χ1) is 11.7. The summed E-state index contributed by atoms with van der Waals surface area (Å²) in [6.45, 7) is 3.41. The molecule has 0 aromatic carbocycles. The van der Waals surface area contributed by atoms with Crippen LogP contribution in [0.4, 0.5) is 0 Å². The van der Waals surface area contributed by atoms with Crippen molar-refractivity contribution in [3.63, 3.8) is 0 Å². The Bertz CT molecular complexity index is 701. The van der Waals surface area contributed by atoms with Gasteiger partial charge in [0.2, 0.25) is 5.91 Å². The van der Waals surface area contributed by atoms with E-state index in [9.17, 15) is 4.79 Å². The van der Waals surface area contributed by atoms with Gasteiger partial charge >= 0.3 is 0 Å². The number of carbonyl (C=O) groups is 1. The van der Waals surface area contributed by atoms with Gasteiger partial charge in [0.25, 0.3) is 5.88 Å². The fourth-order valence-electron chi connectivity index (χ4n) is 3.04. The van der Waals surface area contributed by atoms with Gasteiger partial charge in [0.1, 0.15) is 11.6 Å². The Morgan fingerprint density at radius 2 is 2.38 bits per heavy atom. The molecule has 0 spiro atoms. The minimum Gasteiger partial charge on any atom is -0.479 e. The van der Waals surface area contributed by atoms with Crippen LogP contribution in [0.1, 0.15) is 42.5 Å². The van der Waals surface area contributed by atoms with E-state index in [4.69, 9.17) is 9.26 Å². The number of methoxy groups -OCH3 is 1. The van der Waals surface area contributed by atoms with E-state index < -0.39 is 0 Å². The second kappa shape index (κ2) is 7.42. The molecular formula is C17H22N4O3. The predicted octanol–water partition coefficient (Wildman–Crippen LogP) is 2.12. The molecule has 0 aliphatic carbocycles. The lowest BCUT2D eigenvalue weighted by Crippen LogP contribution is -2.39. The topological polar surface area (TPSA) is 81.4 Å². The van der Waals surface area contributed by atoms with Gasteiger partial charge in [-0.15, -0.1) is 0 Å². The Kier molecular flexibility index (Phi) is 5.08. The molecule has 0 saturated carbocycles. The van der Waals surface area contributed by atoms with Crippen LogP contribution in [-0.2, 0) is 11.2 Å². The standard InChI is InChI=1S/C17H22N4O3/c1-12-18-8-7-15(19-12)13-4-3-9-21(11-13)17(22)6-5-14-10-16(23-2)20-24-14/h7-8,10,13H,3-6,9,11H2,1-2H3/t13-/m1/s1. The van der Waals surface area contributed by atoms with Crippen molar-refractivity contribution in [2.75, 3.05) is 20.2 Å². The molecule has 7 heteroatoms. The van der Waals surface area contributed by atoms with Gasteiger partial charge in [-0.25, -0.2) is 9.97 Å². The number of amides is 1. The van der Waals surface area contributed by atoms with E-state index in [-0.39, 0.29) is 11.8 Å². The second-order valence-corrected chi connectivity index (χ2v) is 6.04. The molecule has 7 nitrogen and oxygen atoms in total. The lowest BCUT2D eigenvalue weighted by molar-refractivity contribution is -0.132. The largest absolute Gasteiger partial charge is 0.479 e. The van der Waals surface area contributed by atoms with Gasteiger partial charge in [-0.2, -0.15) is 0 Å². The monoisotopic (exact) mass is 330 g/mol. The van der Waals surface area contributed by atoms with Crippen LogP contribution >= 0.6 is 0 Å². The molecule has 1 fully saturated rings. The maximum Gasteiger partial charge on any atom is 0.254 e. The van der Waals surface area contributed by atoms with Crippen LogP contribution in [0.3, 0.4) is 0 Å². The average molecular weight is 330 g/mol. The summed E-state index contributed by atoms with van der Waals surface area (Å²) in [5.41, 5.74) is 1.03. The maximum atomic E-state index is 12.5. The highest BCUT2D eigenvalue weighted by Gasteiger charge is 2.25. The zero-order valence-electron chi connectivity index (χ0n) is 14.1. The van der Waals surface area contributed by atoms with Crippen LogP contribution < -0.4 is 4.74 Å². The Hall–Kier alpha value is -2.44. The molecule has 0 N–H and O–H groups in total. The number of nitrogens with zero attached hydrogens (tertiary/aromatic N) is 4. The van der Waals surface area contributed by atoms with Crippen LogP contribution in [-0.4, -0.2) is 46.1 Å². The SMILES string of the molecule is COc1cc(CCC(=O)N2CCC[C@@H](c3ccnc(C)n3)C2)on1. The number of piperidine rings is 1. The summed E-state index contributed by atoms with van der Waals surface area (Å²) in [6, 6.07) is 3.67. The van der Waals surface area contributed by atoms with Gasteiger partial charge < -0.3 is 14.2 Å². The highest BCUT2D eigenvalue weighted by atomic mass is 16.5. The van der Waals surface area contributed by atoms with E-state index in [2.05, 4.69) is 15.1 Å². The third kappa shape index (κ3) is 3.90. The molecule has 2 aromatic heterocycles. The summed E-state index contributed by atoms with van der Waals surface area (Å²) in [5.74, 6) is 2.31. The maximum absolute atomic E-state index is 12.5. The van der Waals surface area contributed by atoms with E-state index in [1.54, 1.807) is 12.3 Å². The van der Waals surface area contributed by atoms with Crippen molar-refractivity contribution in [3.05, 3.63) is 35.6 Å². The van der Waals surface area contributed by atoms with Crippen LogP contribution in [0.5, 0.6) is 5.88 Å². The summed E-state index contributed by atoms with van der Waals surface area (Å²) in [4.78, 5) is 23.1. The zero-order chi connectivity index (χ0) is 16.9. The number of ether oxygens (including phenoxy) is 1. The van der Waals surface area contributed by atoms with Gasteiger partial charge in [0, 0.05) is 49.8 Å². The molecule has 1 aliphatic rings. The summed E-state index contributed by atoms with van der Waals surface area (Å²) in [5, 5.41) is 3.75. The highest BCUT2D eigenvalue weighted by molar-refractivity contribution is 5.76. The number of likely N-dealkylation sites (tertiary alicyclic amines) is 1. The van der Waals surface area contributed by atoms with Gasteiger partial charge in [-0.3, -0.25) is 4.79 Å². The van der Waals surface area contributed by atoms with Crippen molar-refractivity contribution in [2.45, 2.75) is 38.5 Å². The molecule has 0 unspecified atom stereocenters. The quantitative estimate of drug-likeness (QED) is 0.835. The first-order valence-electron chi connectivity index (χ1n) is 8.22. The Labute approximate surface area is 141 Å². The van der Waals surface area contributed by atoms with E-state index >= 15 is 0 Å². The molecule has 24 heavy (non-hydrogen) atoms. The Balaban J connectivity index is 1.56. The van der Waals surface area contributed by atoms with E-state index in [1.807, 2.05) is 17.9 Å². The Morgan fingerprint density at radius 3 is 3.12 bits per heavy atom. The molecule has 1 aliphatic heterocycles. The smallest absolute Gasteiger partial charge is 0.254 e. The molecule has 2 aromatic rings. The van der Waals surface area contributed by atoms with E-state index in [0.29, 0.717) is 24.5 Å². The average Bonchev–Trinajstić information content (AvgIpc) is 3.08. The summed E-state index contributed by atoms with van der Waals surface area (Å²) >= 11 is 0. The number of hydrogen-bond acceptors (Lipinski definition) is 6. The molecule has 1 atom stereocenters. The van der Waals surface area contributed by atoms with Crippen molar-refractivity contribution in [3.8, 4) is 5.88 Å². The molecule has 3 rings (SSSR count). The molecule has 128 valence electrons. The van der Waals surface area contributed by atoms with E-state index in [0.717, 1.165) is 37.4 Å². The van der Waals surface area contributed by atoms with Crippen molar-refractivity contribution >= 4 is 5.91 Å². The third-order valence-corrected chi connectivity index (χ3v) is 4.32. The minimum absolute atomic E-state index is 0.140. The first kappa shape index (κ1) is 16.4.